The van der Waals surface area contributed by atoms with Crippen molar-refractivity contribution in [2.24, 2.45) is 5.73 Å². The van der Waals surface area contributed by atoms with Crippen LogP contribution in [0.25, 0.3) is 0 Å². The highest BCUT2D eigenvalue weighted by Gasteiger charge is 2.08. The van der Waals surface area contributed by atoms with Crippen LogP contribution in [0.4, 0.5) is 0 Å². The summed E-state index contributed by atoms with van der Waals surface area (Å²) in [6, 6.07) is 12.6. The van der Waals surface area contributed by atoms with Gasteiger partial charge in [-0.25, -0.2) is 0 Å². The molecule has 15 heavy (non-hydrogen) atoms. The molecule has 0 radical (unpaired) electrons. The Morgan fingerprint density at radius 3 is 2.47 bits per heavy atom. The minimum atomic E-state index is 0.0147. The minimum Gasteiger partial charge on any atom is -0.320 e. The summed E-state index contributed by atoms with van der Waals surface area (Å²) in [7, 11) is 0. The van der Waals surface area contributed by atoms with Crippen LogP contribution in [0.1, 0.15) is 16.5 Å². The molecule has 0 fully saturated rings. The van der Waals surface area contributed by atoms with Gasteiger partial charge in [-0.15, -0.1) is 23.1 Å². The Kier molecular flexibility index (Phi) is 3.46. The lowest BCUT2D eigenvalue weighted by Crippen LogP contribution is -2.09. The largest absolute Gasteiger partial charge is 0.320 e. The number of thioether (sulfide) groups is 1. The average molecular weight is 235 g/mol. The maximum absolute atomic E-state index is 6.16. The number of nitrogens with two attached hydrogens (primary N) is 1. The Morgan fingerprint density at radius 2 is 1.93 bits per heavy atom. The molecule has 78 valence electrons. The van der Waals surface area contributed by atoms with Crippen LogP contribution >= 0.6 is 23.1 Å². The van der Waals surface area contributed by atoms with Crippen LogP contribution in [-0.2, 0) is 0 Å². The molecule has 1 aromatic heterocycles. The fourth-order valence-electron chi connectivity index (χ4n) is 1.44. The van der Waals surface area contributed by atoms with E-state index in [1.807, 2.05) is 6.07 Å². The van der Waals surface area contributed by atoms with Gasteiger partial charge in [0.25, 0.3) is 0 Å². The van der Waals surface area contributed by atoms with Gasteiger partial charge in [0, 0.05) is 9.77 Å². The number of rotatable bonds is 3. The first-order valence-corrected chi connectivity index (χ1v) is 6.84. The van der Waals surface area contributed by atoms with Gasteiger partial charge in [0.2, 0.25) is 0 Å². The molecule has 2 aromatic rings. The lowest BCUT2D eigenvalue weighted by atomic mass is 10.1. The van der Waals surface area contributed by atoms with E-state index in [0.717, 1.165) is 0 Å². The molecule has 0 bridgehead atoms. The lowest BCUT2D eigenvalue weighted by molar-refractivity contribution is 0.891. The first kappa shape index (κ1) is 10.7. The van der Waals surface area contributed by atoms with Gasteiger partial charge in [-0.2, -0.15) is 0 Å². The smallest absolute Gasteiger partial charge is 0.0646 e. The van der Waals surface area contributed by atoms with Gasteiger partial charge in [0.15, 0.2) is 0 Å². The molecule has 1 heterocycles. The monoisotopic (exact) mass is 235 g/mol. The van der Waals surface area contributed by atoms with Gasteiger partial charge in [0.05, 0.1) is 6.04 Å². The van der Waals surface area contributed by atoms with E-state index in [1.54, 1.807) is 23.1 Å². The molecule has 2 rings (SSSR count). The standard InChI is InChI=1S/C12H13NS2/c1-14-10-6-4-9(5-7-10)12(13)11-3-2-8-15-11/h2-8,12H,13H2,1H3/t12-/m0/s1. The topological polar surface area (TPSA) is 26.0 Å². The quantitative estimate of drug-likeness (QED) is 0.824. The van der Waals surface area contributed by atoms with Crippen LogP contribution < -0.4 is 5.73 Å². The second-order valence-corrected chi connectivity index (χ2v) is 5.13. The molecular formula is C12H13NS2. The summed E-state index contributed by atoms with van der Waals surface area (Å²) < 4.78 is 0. The number of thiophene rings is 1. The van der Waals surface area contributed by atoms with Crippen molar-refractivity contribution < 1.29 is 0 Å². The molecule has 1 atom stereocenters. The molecule has 1 nitrogen and oxygen atoms in total. The summed E-state index contributed by atoms with van der Waals surface area (Å²) in [6.45, 7) is 0. The van der Waals surface area contributed by atoms with Crippen LogP contribution in [0.5, 0.6) is 0 Å². The lowest BCUT2D eigenvalue weighted by Gasteiger charge is -2.10. The van der Waals surface area contributed by atoms with E-state index in [0.29, 0.717) is 0 Å². The van der Waals surface area contributed by atoms with Gasteiger partial charge in [-0.1, -0.05) is 18.2 Å². The SMILES string of the molecule is CSc1ccc([C@H](N)c2cccs2)cc1. The predicted molar refractivity (Wildman–Crippen MR) is 68.6 cm³/mol. The Hall–Kier alpha value is -0.770. The summed E-state index contributed by atoms with van der Waals surface area (Å²) in [5.41, 5.74) is 7.33. The summed E-state index contributed by atoms with van der Waals surface area (Å²) in [4.78, 5) is 2.49. The molecule has 3 heteroatoms. The van der Waals surface area contributed by atoms with Crippen molar-refractivity contribution in [3.05, 3.63) is 52.2 Å². The molecule has 0 unspecified atom stereocenters. The first-order valence-electron chi connectivity index (χ1n) is 4.74. The van der Waals surface area contributed by atoms with Gasteiger partial charge >= 0.3 is 0 Å². The highest BCUT2D eigenvalue weighted by molar-refractivity contribution is 7.98. The molecule has 0 amide bonds. The Balaban J connectivity index is 2.22. The van der Waals surface area contributed by atoms with Gasteiger partial charge in [-0.05, 0) is 35.4 Å². The number of hydrogen-bond donors (Lipinski definition) is 1. The van der Waals surface area contributed by atoms with Crippen LogP contribution in [0.15, 0.2) is 46.7 Å². The van der Waals surface area contributed by atoms with E-state index in [-0.39, 0.29) is 6.04 Å². The minimum absolute atomic E-state index is 0.0147. The zero-order chi connectivity index (χ0) is 10.7. The van der Waals surface area contributed by atoms with Crippen molar-refractivity contribution in [2.75, 3.05) is 6.26 Å². The van der Waals surface area contributed by atoms with Crippen molar-refractivity contribution in [2.45, 2.75) is 10.9 Å². The highest BCUT2D eigenvalue weighted by atomic mass is 32.2. The summed E-state index contributed by atoms with van der Waals surface area (Å²) >= 11 is 3.45. The molecule has 0 aliphatic rings. The number of benzene rings is 1. The maximum Gasteiger partial charge on any atom is 0.0646 e. The third-order valence-electron chi connectivity index (χ3n) is 2.32. The predicted octanol–water partition coefficient (Wildman–Crippen LogP) is 3.52. The van der Waals surface area contributed by atoms with Crippen molar-refractivity contribution in [1.29, 1.82) is 0 Å². The van der Waals surface area contributed by atoms with Crippen LogP contribution in [-0.4, -0.2) is 6.26 Å². The third kappa shape index (κ3) is 2.43. The summed E-state index contributed by atoms with van der Waals surface area (Å²) in [6.07, 6.45) is 2.08. The zero-order valence-corrected chi connectivity index (χ0v) is 10.1. The Labute approximate surface area is 98.3 Å². The second kappa shape index (κ2) is 4.84. The van der Waals surface area contributed by atoms with Crippen LogP contribution in [0.3, 0.4) is 0 Å². The van der Waals surface area contributed by atoms with Gasteiger partial charge in [-0.3, -0.25) is 0 Å². The summed E-state index contributed by atoms with van der Waals surface area (Å²) in [5.74, 6) is 0. The van der Waals surface area contributed by atoms with E-state index in [9.17, 15) is 0 Å². The highest BCUT2D eigenvalue weighted by Crippen LogP contribution is 2.25. The fraction of sp³-hybridized carbons (Fsp3) is 0.167. The Morgan fingerprint density at radius 1 is 1.20 bits per heavy atom. The van der Waals surface area contributed by atoms with Crippen LogP contribution in [0, 0.1) is 0 Å². The van der Waals surface area contributed by atoms with Crippen molar-refractivity contribution in [3.8, 4) is 0 Å². The molecular weight excluding hydrogens is 222 g/mol. The van der Waals surface area contributed by atoms with E-state index >= 15 is 0 Å². The second-order valence-electron chi connectivity index (χ2n) is 3.27. The Bertz CT molecular complexity index is 406. The van der Waals surface area contributed by atoms with Crippen LogP contribution in [0.2, 0.25) is 0 Å². The molecule has 0 saturated carbocycles. The van der Waals surface area contributed by atoms with Crippen molar-refractivity contribution >= 4 is 23.1 Å². The molecule has 0 spiro atoms. The molecule has 0 saturated heterocycles. The van der Waals surface area contributed by atoms with Gasteiger partial charge in [0.1, 0.15) is 0 Å². The summed E-state index contributed by atoms with van der Waals surface area (Å²) in [5, 5.41) is 2.06. The fourth-order valence-corrected chi connectivity index (χ4v) is 2.61. The zero-order valence-electron chi connectivity index (χ0n) is 8.51. The molecule has 0 aliphatic heterocycles. The average Bonchev–Trinajstić information content (AvgIpc) is 2.82. The van der Waals surface area contributed by atoms with Crippen molar-refractivity contribution in [1.82, 2.24) is 0 Å². The van der Waals surface area contributed by atoms with E-state index < -0.39 is 0 Å². The van der Waals surface area contributed by atoms with E-state index in [4.69, 9.17) is 5.73 Å². The maximum atomic E-state index is 6.16. The molecule has 0 aliphatic carbocycles. The number of hydrogen-bond acceptors (Lipinski definition) is 3. The molecule has 1 aromatic carbocycles. The van der Waals surface area contributed by atoms with Gasteiger partial charge < -0.3 is 5.73 Å². The van der Waals surface area contributed by atoms with Crippen molar-refractivity contribution in [3.63, 3.8) is 0 Å². The van der Waals surface area contributed by atoms with E-state index in [2.05, 4.69) is 42.0 Å². The third-order valence-corrected chi connectivity index (χ3v) is 4.02. The molecule has 2 N–H and O–H groups in total. The first-order chi connectivity index (χ1) is 7.31. The normalized spacial score (nSPS) is 12.7. The van der Waals surface area contributed by atoms with E-state index in [1.165, 1.54) is 15.3 Å².